The van der Waals surface area contributed by atoms with Crippen molar-refractivity contribution >= 4 is 0 Å². The summed E-state index contributed by atoms with van der Waals surface area (Å²) in [5.41, 5.74) is 0. The molecule has 0 bridgehead atoms. The Bertz CT molecular complexity index is 48.4. The van der Waals surface area contributed by atoms with Crippen molar-refractivity contribution < 1.29 is 0 Å². The molecular weight excluding hydrogens is 72.1 g/mol. The maximum Gasteiger partial charge on any atom is -0.0152 e. The third kappa shape index (κ3) is 3.48. The molecule has 0 N–H and O–H groups in total. The smallest absolute Gasteiger partial charge is 0.0152 e. The lowest BCUT2D eigenvalue weighted by molar-refractivity contribution is 1.59. The molecule has 0 aliphatic carbocycles. The van der Waals surface area contributed by atoms with Crippen LogP contribution in [0.2, 0.25) is 0 Å². The van der Waals surface area contributed by atoms with Crippen molar-refractivity contribution in [2.45, 2.75) is 13.8 Å². The molecule has 0 atom stereocenters. The van der Waals surface area contributed by atoms with Gasteiger partial charge in [-0.3, -0.25) is 0 Å². The molecule has 0 rings (SSSR count). The van der Waals surface area contributed by atoms with Gasteiger partial charge in [-0.05, 0) is 26.0 Å². The molecule has 0 saturated carbocycles. The fourth-order valence-electron chi connectivity index (χ4n) is 0.167. The van der Waals surface area contributed by atoms with Gasteiger partial charge in [-0.15, -0.1) is 0 Å². The van der Waals surface area contributed by atoms with Crippen molar-refractivity contribution in [3.8, 4) is 0 Å². The Morgan fingerprint density at radius 1 is 1.50 bits per heavy atom. The molecule has 0 aromatic heterocycles. The molecule has 32 valence electrons. The normalized spacial score (nSPS) is 11.7. The molecule has 0 aliphatic rings. The van der Waals surface area contributed by atoms with E-state index in [4.69, 9.17) is 0 Å². The van der Waals surface area contributed by atoms with Crippen molar-refractivity contribution in [2.24, 2.45) is 0 Å². The molecule has 0 amide bonds. The quantitative estimate of drug-likeness (QED) is 0.421. The second kappa shape index (κ2) is 4.48. The van der Waals surface area contributed by atoms with E-state index in [0.29, 0.717) is 0 Å². The van der Waals surface area contributed by atoms with Gasteiger partial charge in [0.2, 0.25) is 0 Å². The van der Waals surface area contributed by atoms with Crippen LogP contribution < -0.4 is 0 Å². The van der Waals surface area contributed by atoms with Crippen LogP contribution in [0.4, 0.5) is 0 Å². The fraction of sp³-hybridized carbons (Fsp3) is 0.333. The van der Waals surface area contributed by atoms with Gasteiger partial charge < -0.3 is 0 Å². The summed E-state index contributed by atoms with van der Waals surface area (Å²) >= 11 is 0. The van der Waals surface area contributed by atoms with Crippen LogP contribution in [-0.4, -0.2) is 0 Å². The fourth-order valence-corrected chi connectivity index (χ4v) is 0.167. The van der Waals surface area contributed by atoms with E-state index in [1.807, 2.05) is 26.0 Å². The van der Waals surface area contributed by atoms with E-state index < -0.39 is 0 Å². The van der Waals surface area contributed by atoms with E-state index in [0.717, 1.165) is 0 Å². The van der Waals surface area contributed by atoms with E-state index in [1.54, 1.807) is 0 Å². The summed E-state index contributed by atoms with van der Waals surface area (Å²) in [5, 5.41) is 0. The van der Waals surface area contributed by atoms with Crippen LogP contribution in [-0.2, 0) is 0 Å². The highest BCUT2D eigenvalue weighted by molar-refractivity contribution is 4.87. The largest absolute Gasteiger partial charge is 0.0870 e. The van der Waals surface area contributed by atoms with Crippen LogP contribution in [0.1, 0.15) is 13.8 Å². The van der Waals surface area contributed by atoms with Crippen LogP contribution in [0.25, 0.3) is 0 Å². The summed E-state index contributed by atoms with van der Waals surface area (Å²) in [6, 6.07) is 0. The molecule has 0 heteroatoms. The number of hydrogen-bond donors (Lipinski definition) is 0. The van der Waals surface area contributed by atoms with Gasteiger partial charge in [-0.2, -0.15) is 0 Å². The Morgan fingerprint density at radius 3 is 2.33 bits per heavy atom. The predicted octanol–water partition coefficient (Wildman–Crippen LogP) is 1.74. The molecule has 0 nitrogen and oxygen atoms in total. The standard InChI is InChI=1S/C6H8/c1-3-5-6-4-2/h3,5H,1-2H3/b5-3+,6-4?. The molecule has 0 unspecified atom stereocenters. The highest BCUT2D eigenvalue weighted by Gasteiger charge is 1.51. The first-order valence-corrected chi connectivity index (χ1v) is 1.95. The molecule has 0 aromatic carbocycles. The first-order valence-electron chi connectivity index (χ1n) is 1.95. The van der Waals surface area contributed by atoms with Gasteiger partial charge in [0.25, 0.3) is 0 Å². The highest BCUT2D eigenvalue weighted by Crippen LogP contribution is 1.68. The average molecular weight is 80.1 g/mol. The second-order valence-electron chi connectivity index (χ2n) is 0.894. The summed E-state index contributed by atoms with van der Waals surface area (Å²) < 4.78 is 0. The highest BCUT2D eigenvalue weighted by atomic mass is 13.6. The first-order chi connectivity index (χ1) is 2.91. The van der Waals surface area contributed by atoms with Gasteiger partial charge in [-0.1, -0.05) is 12.2 Å². The Balaban J connectivity index is 3.07. The molecule has 0 aliphatic heterocycles. The molecule has 6 heavy (non-hydrogen) atoms. The molecule has 0 heterocycles. The Hall–Kier alpha value is -0.520. The zero-order valence-corrected chi connectivity index (χ0v) is 4.15. The summed E-state index contributed by atoms with van der Waals surface area (Å²) in [4.78, 5) is 0. The van der Waals surface area contributed by atoms with Gasteiger partial charge >= 0.3 is 0 Å². The van der Waals surface area contributed by atoms with Crippen molar-refractivity contribution in [1.82, 2.24) is 0 Å². The molecule has 0 fully saturated rings. The summed E-state index contributed by atoms with van der Waals surface area (Å²) in [6.07, 6.45) is 9.23. The minimum absolute atomic E-state index is 1.82. The lowest BCUT2D eigenvalue weighted by Crippen LogP contribution is -1.43. The Labute approximate surface area is 39.2 Å². The van der Waals surface area contributed by atoms with Crippen LogP contribution in [0.15, 0.2) is 12.2 Å². The van der Waals surface area contributed by atoms with Crippen LogP contribution >= 0.6 is 0 Å². The average Bonchev–Trinajstić information content (AvgIpc) is 1.61. The van der Waals surface area contributed by atoms with E-state index in [9.17, 15) is 0 Å². The van der Waals surface area contributed by atoms with Gasteiger partial charge in [-0.25, -0.2) is 0 Å². The van der Waals surface area contributed by atoms with E-state index in [1.165, 1.54) is 0 Å². The van der Waals surface area contributed by atoms with E-state index in [2.05, 4.69) is 12.2 Å². The molecule has 2 radical (unpaired) electrons. The first kappa shape index (κ1) is 5.48. The zero-order valence-electron chi connectivity index (χ0n) is 4.15. The minimum atomic E-state index is 1.82. The van der Waals surface area contributed by atoms with E-state index in [-0.39, 0.29) is 0 Å². The number of rotatable bonds is 1. The van der Waals surface area contributed by atoms with Gasteiger partial charge in [0, 0.05) is 0 Å². The van der Waals surface area contributed by atoms with Gasteiger partial charge in [0.15, 0.2) is 0 Å². The van der Waals surface area contributed by atoms with Crippen molar-refractivity contribution in [3.05, 3.63) is 24.3 Å². The minimum Gasteiger partial charge on any atom is -0.0870 e. The molecule has 0 aromatic rings. The predicted molar refractivity (Wildman–Crippen MR) is 27.0 cm³/mol. The van der Waals surface area contributed by atoms with Crippen LogP contribution in [0.5, 0.6) is 0 Å². The van der Waals surface area contributed by atoms with E-state index >= 15 is 0 Å². The summed E-state index contributed by atoms with van der Waals surface area (Å²) in [6.45, 7) is 3.77. The van der Waals surface area contributed by atoms with Crippen LogP contribution in [0, 0.1) is 12.2 Å². The number of hydrogen-bond acceptors (Lipinski definition) is 0. The van der Waals surface area contributed by atoms with Crippen molar-refractivity contribution in [3.63, 3.8) is 0 Å². The monoisotopic (exact) mass is 80.1 g/mol. The topological polar surface area (TPSA) is 0 Å². The summed E-state index contributed by atoms with van der Waals surface area (Å²) in [7, 11) is 0. The molecule has 0 saturated heterocycles. The maximum absolute atomic E-state index is 2.77. The van der Waals surface area contributed by atoms with Gasteiger partial charge in [0.05, 0.1) is 0 Å². The van der Waals surface area contributed by atoms with Crippen molar-refractivity contribution in [1.29, 1.82) is 0 Å². The Morgan fingerprint density at radius 2 is 2.17 bits per heavy atom. The van der Waals surface area contributed by atoms with Crippen molar-refractivity contribution in [2.75, 3.05) is 0 Å². The molecule has 0 spiro atoms. The second-order valence-corrected chi connectivity index (χ2v) is 0.894. The SMILES string of the molecule is C/[C]=[C]\C=C\C. The van der Waals surface area contributed by atoms with Gasteiger partial charge in [0.1, 0.15) is 0 Å². The molecular formula is C6H8. The lowest BCUT2D eigenvalue weighted by atomic mass is 10.5. The van der Waals surface area contributed by atoms with Crippen LogP contribution in [0.3, 0.4) is 0 Å². The third-order valence-electron chi connectivity index (χ3n) is 0.394. The summed E-state index contributed by atoms with van der Waals surface area (Å²) in [5.74, 6) is 0. The lowest BCUT2D eigenvalue weighted by Gasteiger charge is -1.60. The Kier molecular flexibility index (Phi) is 4.09. The maximum atomic E-state index is 2.77. The third-order valence-corrected chi connectivity index (χ3v) is 0.394. The zero-order chi connectivity index (χ0) is 4.83. The number of allylic oxidation sites excluding steroid dienone is 4.